The molecule has 18 aromatic carbocycles. The van der Waals surface area contributed by atoms with Crippen LogP contribution in [-0.4, -0.2) is 73.5 Å². The van der Waals surface area contributed by atoms with Crippen LogP contribution in [0, 0.1) is 0 Å². The molecule has 0 N–H and O–H groups in total. The van der Waals surface area contributed by atoms with Crippen LogP contribution in [-0.2, 0) is 0 Å². The van der Waals surface area contributed by atoms with E-state index in [2.05, 4.69) is 346 Å². The number of hydrogen-bond acceptors (Lipinski definition) is 12. The summed E-state index contributed by atoms with van der Waals surface area (Å²) in [5, 5.41) is 21.6. The van der Waals surface area contributed by atoms with Gasteiger partial charge in [0.05, 0.1) is 68.8 Å². The molecule has 0 bridgehead atoms. The average Bonchev–Trinajstić information content (AvgIpc) is 1.58. The van der Waals surface area contributed by atoms with Crippen LogP contribution in [0.5, 0.6) is 0 Å². The fourth-order valence-corrected chi connectivity index (χ4v) is 19.1. The van der Waals surface area contributed by atoms with Gasteiger partial charge in [0.2, 0.25) is 0 Å². The second-order valence-corrected chi connectivity index (χ2v) is 33.6. The van der Waals surface area contributed by atoms with Crippen molar-refractivity contribution in [3.63, 3.8) is 0 Å². The molecular formula is C120H75N15. The van der Waals surface area contributed by atoms with Gasteiger partial charge in [0.1, 0.15) is 0 Å². The Labute approximate surface area is 773 Å². The van der Waals surface area contributed by atoms with Gasteiger partial charge in [0.25, 0.3) is 0 Å². The Kier molecular flexibility index (Phi) is 19.5. The van der Waals surface area contributed by atoms with E-state index in [1.54, 1.807) is 0 Å². The van der Waals surface area contributed by atoms with Crippen molar-refractivity contribution in [1.29, 1.82) is 0 Å². The van der Waals surface area contributed by atoms with Gasteiger partial charge in [-0.3, -0.25) is 15.0 Å². The quantitative estimate of drug-likeness (QED) is 0.114. The predicted octanol–water partition coefficient (Wildman–Crippen LogP) is 29.0. The second kappa shape index (κ2) is 33.5. The first-order chi connectivity index (χ1) is 66.9. The third-order valence-electron chi connectivity index (χ3n) is 25.4. The number of pyridine rings is 3. The van der Waals surface area contributed by atoms with Crippen LogP contribution in [0.2, 0.25) is 0 Å². The van der Waals surface area contributed by atoms with Crippen LogP contribution in [0.3, 0.4) is 0 Å². The van der Waals surface area contributed by atoms with Gasteiger partial charge in [0, 0.05) is 101 Å². The fourth-order valence-electron chi connectivity index (χ4n) is 19.1. The number of rotatable bonds is 12. The zero-order valence-corrected chi connectivity index (χ0v) is 72.5. The molecule has 630 valence electrons. The van der Waals surface area contributed by atoms with E-state index in [0.29, 0.717) is 52.4 Å². The van der Waals surface area contributed by atoms with Crippen LogP contribution >= 0.6 is 0 Å². The van der Waals surface area contributed by atoms with Crippen molar-refractivity contribution in [1.82, 2.24) is 73.5 Å². The van der Waals surface area contributed by atoms with Crippen molar-refractivity contribution in [2.75, 3.05) is 0 Å². The van der Waals surface area contributed by atoms with Crippen molar-refractivity contribution in [2.45, 2.75) is 0 Å². The lowest BCUT2D eigenvalue weighted by Gasteiger charge is -2.12. The van der Waals surface area contributed by atoms with Crippen molar-refractivity contribution < 1.29 is 0 Å². The maximum Gasteiger partial charge on any atom is 0.165 e. The summed E-state index contributed by atoms with van der Waals surface area (Å²) in [6.07, 6.45) is 11.2. The van der Waals surface area contributed by atoms with E-state index >= 15 is 0 Å². The molecule has 0 aliphatic carbocycles. The highest BCUT2D eigenvalue weighted by atomic mass is 15.1. The summed E-state index contributed by atoms with van der Waals surface area (Å²) in [7, 11) is 0. The Morgan fingerprint density at radius 2 is 0.348 bits per heavy atom. The highest BCUT2D eigenvalue weighted by Crippen LogP contribution is 2.43. The van der Waals surface area contributed by atoms with Crippen LogP contribution < -0.4 is 0 Å². The van der Waals surface area contributed by atoms with Gasteiger partial charge in [-0.05, 0) is 137 Å². The summed E-state index contributed by atoms with van der Waals surface area (Å²) < 4.78 is 6.87. The van der Waals surface area contributed by atoms with E-state index in [1.807, 2.05) is 128 Å². The predicted molar refractivity (Wildman–Crippen MR) is 550 cm³/mol. The molecule has 0 fully saturated rings. The van der Waals surface area contributed by atoms with Gasteiger partial charge < -0.3 is 13.7 Å². The summed E-state index contributed by atoms with van der Waals surface area (Å²) >= 11 is 0. The molecule has 15 heteroatoms. The topological polar surface area (TPSA) is 169 Å². The Balaban J connectivity index is 0.000000108. The van der Waals surface area contributed by atoms with Crippen LogP contribution in [0.4, 0.5) is 0 Å². The highest BCUT2D eigenvalue weighted by Gasteiger charge is 2.24. The molecule has 0 spiro atoms. The molecule has 15 nitrogen and oxygen atoms in total. The van der Waals surface area contributed by atoms with Crippen molar-refractivity contribution in [2.24, 2.45) is 0 Å². The molecule has 0 radical (unpaired) electrons. The van der Waals surface area contributed by atoms with Gasteiger partial charge in [-0.15, -0.1) is 0 Å². The first kappa shape index (κ1) is 78.6. The summed E-state index contributed by atoms with van der Waals surface area (Å²) in [4.78, 5) is 59.0. The van der Waals surface area contributed by atoms with Crippen molar-refractivity contribution in [3.05, 3.63) is 456 Å². The van der Waals surface area contributed by atoms with E-state index in [0.717, 1.165) is 116 Å². The lowest BCUT2D eigenvalue weighted by atomic mass is 10.0. The first-order valence-corrected chi connectivity index (χ1v) is 44.9. The number of aromatic nitrogens is 15. The normalized spacial score (nSPS) is 11.6. The van der Waals surface area contributed by atoms with Gasteiger partial charge in [-0.2, -0.15) is 0 Å². The molecule has 0 amide bonds. The standard InChI is InChI=1S/C44H27N5.C40H25N5.C36H23N5/c1-3-12-31-23-33(19-17-28(31)9-1)42-46-43(34-20-18-29-10-2-4-13-32(29)24-34)48-44(47-42)35-25-36(27-45-26-35)49-39-16-8-7-15-38(39)41-37-14-6-5-11-30(37)21-22-40(41)49;1-2-12-28(13-3-1)38-42-39(30-19-18-26-10-4-5-14-29(26)22-30)44-40(43-38)31-23-32(25-41-24-31)45-35-17-9-8-16-34(35)37-33-15-7-6-11-27(33)20-21-36(37)45;1-3-12-25(13-4-1)34-38-35(26-14-5-2-6-15-26)40-36(39-34)27-21-28(23-37-22-27)41-31-18-10-9-17-30(31)33-29-16-8-7-11-24(29)19-20-32(33)41/h1-27H;1-25H;1-23H. The molecule has 0 saturated heterocycles. The zero-order valence-electron chi connectivity index (χ0n) is 72.5. The monoisotopic (exact) mass is 1730 g/mol. The van der Waals surface area contributed by atoms with E-state index in [9.17, 15) is 0 Å². The minimum Gasteiger partial charge on any atom is -0.308 e. The summed E-state index contributed by atoms with van der Waals surface area (Å²) in [5.41, 5.74) is 17.7. The molecule has 0 aliphatic heterocycles. The molecule has 27 aromatic rings. The Morgan fingerprint density at radius 3 is 0.630 bits per heavy atom. The number of para-hydroxylation sites is 3. The van der Waals surface area contributed by atoms with E-state index in [4.69, 9.17) is 54.8 Å². The molecular weight excluding hydrogens is 1650 g/mol. The summed E-state index contributed by atoms with van der Waals surface area (Å²) in [6, 6.07) is 145. The third-order valence-corrected chi connectivity index (χ3v) is 25.4. The second-order valence-electron chi connectivity index (χ2n) is 33.6. The highest BCUT2D eigenvalue weighted by molar-refractivity contribution is 6.24. The molecule has 135 heavy (non-hydrogen) atoms. The van der Waals surface area contributed by atoms with Gasteiger partial charge in [0.15, 0.2) is 52.4 Å². The molecule has 0 saturated carbocycles. The Morgan fingerprint density at radius 1 is 0.133 bits per heavy atom. The number of hydrogen-bond donors (Lipinski definition) is 0. The van der Waals surface area contributed by atoms with E-state index < -0.39 is 0 Å². The average molecular weight is 1730 g/mol. The lowest BCUT2D eigenvalue weighted by molar-refractivity contribution is 1.06. The Hall–Kier alpha value is -18.6. The minimum atomic E-state index is 0.571. The van der Waals surface area contributed by atoms with Gasteiger partial charge in [-0.1, -0.05) is 346 Å². The van der Waals surface area contributed by atoms with Crippen LogP contribution in [0.15, 0.2) is 456 Å². The molecule has 0 aliphatic rings. The van der Waals surface area contributed by atoms with Crippen molar-refractivity contribution >= 4 is 130 Å². The maximum absolute atomic E-state index is 5.09. The lowest BCUT2D eigenvalue weighted by Crippen LogP contribution is -2.02. The number of nitrogens with zero attached hydrogens (tertiary/aromatic N) is 15. The molecule has 27 rings (SSSR count). The SMILES string of the molecule is c1ccc(-c2nc(-c3ccccc3)nc(-c3cncc(-n4c5ccccc5c5c6ccccc6ccc54)c3)n2)cc1.c1ccc(-c2nc(-c3cncc(-n4c5ccccc5c5c6ccccc6ccc54)c3)nc(-c3ccc4ccccc4c3)n2)cc1.c1ccc2cc(-c3nc(-c4cncc(-n5c6ccccc6c6c7ccccc7ccc65)c4)nc(-c4ccc5ccccc5c4)n3)ccc2c1. The van der Waals surface area contributed by atoms with Crippen molar-refractivity contribution in [3.8, 4) is 120 Å². The third kappa shape index (κ3) is 14.5. The molecule has 9 heterocycles. The Bertz CT molecular complexity index is 9200. The molecule has 0 atom stereocenters. The van der Waals surface area contributed by atoms with Gasteiger partial charge in [-0.25, -0.2) is 44.9 Å². The first-order valence-electron chi connectivity index (χ1n) is 44.9. The van der Waals surface area contributed by atoms with Crippen LogP contribution in [0.1, 0.15) is 0 Å². The largest absolute Gasteiger partial charge is 0.308 e. The zero-order chi connectivity index (χ0) is 89.2. The minimum absolute atomic E-state index is 0.571. The number of benzene rings is 18. The molecule has 0 unspecified atom stereocenters. The van der Waals surface area contributed by atoms with E-state index in [-0.39, 0.29) is 0 Å². The summed E-state index contributed by atoms with van der Waals surface area (Å²) in [6.45, 7) is 0. The number of fused-ring (bicyclic) bond motifs is 18. The fraction of sp³-hybridized carbons (Fsp3) is 0. The maximum atomic E-state index is 5.09. The summed E-state index contributed by atoms with van der Waals surface area (Å²) in [5.74, 6) is 5.47. The van der Waals surface area contributed by atoms with Gasteiger partial charge >= 0.3 is 0 Å². The van der Waals surface area contributed by atoms with E-state index in [1.165, 1.54) is 80.8 Å². The van der Waals surface area contributed by atoms with Crippen LogP contribution in [0.25, 0.3) is 250 Å². The smallest absolute Gasteiger partial charge is 0.165 e. The molecule has 9 aromatic heterocycles.